The molecule has 2 aromatic rings. The van der Waals surface area contributed by atoms with Crippen molar-refractivity contribution in [3.05, 3.63) is 59.1 Å². The molecule has 0 aliphatic carbocycles. The van der Waals surface area contributed by atoms with Gasteiger partial charge in [-0.15, -0.1) is 0 Å². The Labute approximate surface area is 201 Å². The number of carbonyl (C=O) groups is 1. The molecule has 1 unspecified atom stereocenters. The minimum Gasteiger partial charge on any atom is -0.490 e. The van der Waals surface area contributed by atoms with E-state index in [9.17, 15) is 4.79 Å². The first kappa shape index (κ1) is 23.8. The Kier molecular flexibility index (Phi) is 8.45. The van der Waals surface area contributed by atoms with Crippen molar-refractivity contribution in [2.45, 2.75) is 12.5 Å². The Morgan fingerprint density at radius 1 is 1.00 bits per heavy atom. The number of ether oxygens (including phenoxy) is 2. The summed E-state index contributed by atoms with van der Waals surface area (Å²) in [4.78, 5) is 19.4. The van der Waals surface area contributed by atoms with E-state index in [1.54, 1.807) is 0 Å². The predicted molar refractivity (Wildman–Crippen MR) is 131 cm³/mol. The molecule has 7 nitrogen and oxygen atoms in total. The highest BCUT2D eigenvalue weighted by Crippen LogP contribution is 2.29. The normalized spacial score (nSPS) is 18.2. The minimum absolute atomic E-state index is 0.000328. The highest BCUT2D eigenvalue weighted by molar-refractivity contribution is 6.30. The van der Waals surface area contributed by atoms with Crippen LogP contribution in [-0.2, 0) is 16.0 Å². The maximum atomic E-state index is 12.9. The van der Waals surface area contributed by atoms with Gasteiger partial charge in [-0.1, -0.05) is 35.9 Å². The van der Waals surface area contributed by atoms with Crippen LogP contribution in [0.3, 0.4) is 0 Å². The molecule has 0 spiro atoms. The highest BCUT2D eigenvalue weighted by Gasteiger charge is 2.26. The first-order valence-corrected chi connectivity index (χ1v) is 12.0. The van der Waals surface area contributed by atoms with Gasteiger partial charge in [0.15, 0.2) is 0 Å². The van der Waals surface area contributed by atoms with Crippen LogP contribution in [0.5, 0.6) is 5.75 Å². The Morgan fingerprint density at radius 2 is 1.70 bits per heavy atom. The van der Waals surface area contributed by atoms with E-state index in [2.05, 4.69) is 15.9 Å². The molecule has 0 bridgehead atoms. The zero-order valence-corrected chi connectivity index (χ0v) is 19.8. The topological polar surface area (TPSA) is 71.3 Å². The van der Waals surface area contributed by atoms with Crippen LogP contribution in [0.15, 0.2) is 48.5 Å². The van der Waals surface area contributed by atoms with Crippen LogP contribution in [-0.4, -0.2) is 87.4 Å². The van der Waals surface area contributed by atoms with E-state index in [-0.39, 0.29) is 5.91 Å². The number of piperazine rings is 1. The Hall–Kier alpha value is -2.32. The molecule has 0 radical (unpaired) electrons. The van der Waals surface area contributed by atoms with Gasteiger partial charge in [0.25, 0.3) is 0 Å². The summed E-state index contributed by atoms with van der Waals surface area (Å²) in [7, 11) is 0. The zero-order chi connectivity index (χ0) is 23.0. The van der Waals surface area contributed by atoms with Crippen LogP contribution in [0.2, 0.25) is 5.02 Å². The van der Waals surface area contributed by atoms with Crippen LogP contribution in [0, 0.1) is 0 Å². The second kappa shape index (κ2) is 11.7. The molecule has 2 saturated heterocycles. The van der Waals surface area contributed by atoms with Gasteiger partial charge in [0.1, 0.15) is 12.4 Å². The largest absolute Gasteiger partial charge is 0.490 e. The number of para-hydroxylation sites is 2. The fraction of sp³-hybridized carbons (Fsp3) is 0.480. The summed E-state index contributed by atoms with van der Waals surface area (Å²) < 4.78 is 11.6. The van der Waals surface area contributed by atoms with Crippen molar-refractivity contribution < 1.29 is 14.3 Å². The van der Waals surface area contributed by atoms with Crippen LogP contribution in [0.1, 0.15) is 5.56 Å². The number of nitrogens with two attached hydrogens (primary N) is 1. The van der Waals surface area contributed by atoms with Gasteiger partial charge in [-0.05, 0) is 36.2 Å². The van der Waals surface area contributed by atoms with Gasteiger partial charge in [-0.25, -0.2) is 0 Å². The van der Waals surface area contributed by atoms with Gasteiger partial charge in [0, 0.05) is 50.8 Å². The van der Waals surface area contributed by atoms with Crippen molar-refractivity contribution in [3.8, 4) is 5.75 Å². The number of nitrogens with zero attached hydrogens (tertiary/aromatic N) is 3. The third-order valence-corrected chi connectivity index (χ3v) is 6.50. The molecule has 2 aliphatic heterocycles. The molecule has 33 heavy (non-hydrogen) atoms. The van der Waals surface area contributed by atoms with Gasteiger partial charge < -0.3 is 25.0 Å². The first-order valence-electron chi connectivity index (χ1n) is 11.7. The van der Waals surface area contributed by atoms with Crippen molar-refractivity contribution in [3.63, 3.8) is 0 Å². The molecular formula is C25H33ClN4O3. The first-order chi connectivity index (χ1) is 16.1. The number of carbonyl (C=O) groups excluding carboxylic acids is 1. The lowest BCUT2D eigenvalue weighted by molar-refractivity contribution is -0.132. The number of morpholine rings is 1. The minimum atomic E-state index is -0.548. The standard InChI is InChI=1S/C25H33ClN4O3/c26-21-7-5-20(6-8-21)19-22(27)25(31)30-11-9-29(10-12-30)23-3-1-2-4-24(23)33-18-15-28-13-16-32-17-14-28/h1-8,22H,9-19,27H2. The van der Waals surface area contributed by atoms with Crippen molar-refractivity contribution in [2.75, 3.05) is 70.5 Å². The number of rotatable bonds is 8. The number of hydrogen-bond acceptors (Lipinski definition) is 6. The molecule has 1 atom stereocenters. The van der Waals surface area contributed by atoms with Crippen LogP contribution in [0.4, 0.5) is 5.69 Å². The molecular weight excluding hydrogens is 440 g/mol. The second-order valence-corrected chi connectivity index (χ2v) is 8.96. The Balaban J connectivity index is 1.27. The maximum Gasteiger partial charge on any atom is 0.239 e. The van der Waals surface area contributed by atoms with E-state index in [1.165, 1.54) is 0 Å². The van der Waals surface area contributed by atoms with Crippen LogP contribution in [0.25, 0.3) is 0 Å². The fourth-order valence-corrected chi connectivity index (χ4v) is 4.44. The summed E-state index contributed by atoms with van der Waals surface area (Å²) in [5.74, 6) is 0.893. The third-order valence-electron chi connectivity index (χ3n) is 6.25. The summed E-state index contributed by atoms with van der Waals surface area (Å²) in [5, 5.41) is 0.681. The van der Waals surface area contributed by atoms with Crippen LogP contribution < -0.4 is 15.4 Å². The van der Waals surface area contributed by atoms with E-state index in [0.29, 0.717) is 31.1 Å². The van der Waals surface area contributed by atoms with Gasteiger partial charge in [-0.3, -0.25) is 9.69 Å². The van der Waals surface area contributed by atoms with Crippen molar-refractivity contribution in [2.24, 2.45) is 5.73 Å². The molecule has 0 saturated carbocycles. The molecule has 2 fully saturated rings. The average molecular weight is 473 g/mol. The molecule has 178 valence electrons. The van der Waals surface area contributed by atoms with Gasteiger partial charge in [0.05, 0.1) is 24.9 Å². The quantitative estimate of drug-likeness (QED) is 0.635. The lowest BCUT2D eigenvalue weighted by atomic mass is 10.1. The summed E-state index contributed by atoms with van der Waals surface area (Å²) in [6.07, 6.45) is 0.510. The molecule has 8 heteroatoms. The average Bonchev–Trinajstić information content (AvgIpc) is 2.86. The monoisotopic (exact) mass is 472 g/mol. The van der Waals surface area contributed by atoms with E-state index < -0.39 is 6.04 Å². The molecule has 2 N–H and O–H groups in total. The Bertz CT molecular complexity index is 897. The number of benzene rings is 2. The SMILES string of the molecule is NC(Cc1ccc(Cl)cc1)C(=O)N1CCN(c2ccccc2OCCN2CCOCC2)CC1. The van der Waals surface area contributed by atoms with E-state index >= 15 is 0 Å². The number of amides is 1. The molecule has 2 aliphatic rings. The van der Waals surface area contributed by atoms with E-state index in [4.69, 9.17) is 26.8 Å². The molecule has 2 heterocycles. The summed E-state index contributed by atoms with van der Waals surface area (Å²) in [5.41, 5.74) is 8.33. The number of anilines is 1. The molecule has 2 aromatic carbocycles. The summed E-state index contributed by atoms with van der Waals surface area (Å²) in [6, 6.07) is 15.1. The zero-order valence-electron chi connectivity index (χ0n) is 19.0. The van der Waals surface area contributed by atoms with Crippen molar-refractivity contribution >= 4 is 23.2 Å². The molecule has 0 aromatic heterocycles. The van der Waals surface area contributed by atoms with E-state index in [1.807, 2.05) is 47.4 Å². The Morgan fingerprint density at radius 3 is 2.42 bits per heavy atom. The lowest BCUT2D eigenvalue weighted by Gasteiger charge is -2.37. The maximum absolute atomic E-state index is 12.9. The highest BCUT2D eigenvalue weighted by atomic mass is 35.5. The van der Waals surface area contributed by atoms with Crippen molar-refractivity contribution in [1.82, 2.24) is 9.80 Å². The lowest BCUT2D eigenvalue weighted by Crippen LogP contribution is -2.53. The van der Waals surface area contributed by atoms with Gasteiger partial charge in [-0.2, -0.15) is 0 Å². The number of halogens is 1. The third kappa shape index (κ3) is 6.60. The van der Waals surface area contributed by atoms with Gasteiger partial charge in [0.2, 0.25) is 5.91 Å². The fourth-order valence-electron chi connectivity index (χ4n) is 4.31. The second-order valence-electron chi connectivity index (χ2n) is 8.52. The van der Waals surface area contributed by atoms with E-state index in [0.717, 1.165) is 62.9 Å². The summed E-state index contributed by atoms with van der Waals surface area (Å²) in [6.45, 7) is 7.85. The smallest absolute Gasteiger partial charge is 0.239 e. The summed E-state index contributed by atoms with van der Waals surface area (Å²) >= 11 is 5.94. The van der Waals surface area contributed by atoms with Gasteiger partial charge >= 0.3 is 0 Å². The molecule has 1 amide bonds. The van der Waals surface area contributed by atoms with Crippen LogP contribution >= 0.6 is 11.6 Å². The number of hydrogen-bond donors (Lipinski definition) is 1. The van der Waals surface area contributed by atoms with Crippen molar-refractivity contribution in [1.29, 1.82) is 0 Å². The predicted octanol–water partition coefficient (Wildman–Crippen LogP) is 2.27. The molecule has 4 rings (SSSR count).